The maximum Gasteiger partial charge on any atom is 0.241 e. The summed E-state index contributed by atoms with van der Waals surface area (Å²) in [6.45, 7) is -0.282. The van der Waals surface area contributed by atoms with E-state index in [-0.39, 0.29) is 17.5 Å². The summed E-state index contributed by atoms with van der Waals surface area (Å²) >= 11 is 0. The SMILES string of the molecule is O=S(=O)(NC1CC1)c1c[c]ccc1CO. The third-order valence-corrected chi connectivity index (χ3v) is 3.87. The highest BCUT2D eigenvalue weighted by Gasteiger charge is 2.28. The summed E-state index contributed by atoms with van der Waals surface area (Å²) in [6.07, 6.45) is 1.79. The Hall–Kier alpha value is -0.910. The van der Waals surface area contributed by atoms with Crippen LogP contribution < -0.4 is 4.72 Å². The molecule has 0 bridgehead atoms. The van der Waals surface area contributed by atoms with Crippen molar-refractivity contribution < 1.29 is 13.5 Å². The first-order valence-corrected chi connectivity index (χ1v) is 6.24. The van der Waals surface area contributed by atoms with E-state index in [1.807, 2.05) is 0 Å². The first kappa shape index (κ1) is 10.6. The van der Waals surface area contributed by atoms with Crippen LogP contribution in [0, 0.1) is 6.07 Å². The number of sulfonamides is 1. The Balaban J connectivity index is 2.34. The third-order valence-electron chi connectivity index (χ3n) is 2.27. The molecule has 1 fully saturated rings. The molecule has 1 aliphatic carbocycles. The van der Waals surface area contributed by atoms with Crippen molar-refractivity contribution in [3.05, 3.63) is 29.8 Å². The molecule has 15 heavy (non-hydrogen) atoms. The van der Waals surface area contributed by atoms with Gasteiger partial charge >= 0.3 is 0 Å². The van der Waals surface area contributed by atoms with Crippen molar-refractivity contribution in [2.24, 2.45) is 0 Å². The molecule has 0 aliphatic heterocycles. The lowest BCUT2D eigenvalue weighted by Gasteiger charge is -2.08. The van der Waals surface area contributed by atoms with Gasteiger partial charge in [0.2, 0.25) is 10.0 Å². The number of rotatable bonds is 4. The molecule has 1 aromatic rings. The van der Waals surface area contributed by atoms with E-state index in [9.17, 15) is 8.42 Å². The van der Waals surface area contributed by atoms with Gasteiger partial charge in [-0.05, 0) is 30.5 Å². The largest absolute Gasteiger partial charge is 0.392 e. The summed E-state index contributed by atoms with van der Waals surface area (Å²) in [5, 5.41) is 9.03. The number of benzene rings is 1. The molecule has 1 aliphatic rings. The highest BCUT2D eigenvalue weighted by molar-refractivity contribution is 7.89. The Morgan fingerprint density at radius 3 is 2.87 bits per heavy atom. The molecule has 0 aromatic heterocycles. The van der Waals surface area contributed by atoms with Crippen molar-refractivity contribution in [1.29, 1.82) is 0 Å². The molecule has 5 heteroatoms. The Labute approximate surface area is 89.0 Å². The molecule has 1 aromatic carbocycles. The lowest BCUT2D eigenvalue weighted by atomic mass is 10.2. The third kappa shape index (κ3) is 2.37. The van der Waals surface area contributed by atoms with Crippen LogP contribution in [0.15, 0.2) is 23.1 Å². The van der Waals surface area contributed by atoms with Crippen LogP contribution in [0.3, 0.4) is 0 Å². The molecule has 1 radical (unpaired) electrons. The van der Waals surface area contributed by atoms with E-state index in [4.69, 9.17) is 5.11 Å². The van der Waals surface area contributed by atoms with Crippen molar-refractivity contribution in [1.82, 2.24) is 4.72 Å². The fourth-order valence-electron chi connectivity index (χ4n) is 1.31. The lowest BCUT2D eigenvalue weighted by molar-refractivity contribution is 0.278. The molecule has 81 valence electrons. The molecule has 0 saturated heterocycles. The van der Waals surface area contributed by atoms with Gasteiger partial charge in [0.25, 0.3) is 0 Å². The van der Waals surface area contributed by atoms with Crippen LogP contribution in [0.2, 0.25) is 0 Å². The lowest BCUT2D eigenvalue weighted by Crippen LogP contribution is -2.26. The smallest absolute Gasteiger partial charge is 0.241 e. The van der Waals surface area contributed by atoms with Gasteiger partial charge in [-0.1, -0.05) is 12.1 Å². The molecule has 0 spiro atoms. The molecular formula is C10H12NO3S. The Morgan fingerprint density at radius 1 is 1.53 bits per heavy atom. The minimum Gasteiger partial charge on any atom is -0.392 e. The van der Waals surface area contributed by atoms with Gasteiger partial charge in [0, 0.05) is 6.04 Å². The standard InChI is InChI=1S/C10H12NO3S/c12-7-8-3-1-2-4-10(8)15(13,14)11-9-5-6-9/h1,3-4,9,11-12H,5-7H2. The van der Waals surface area contributed by atoms with Crippen LogP contribution in [-0.4, -0.2) is 19.6 Å². The maximum absolute atomic E-state index is 11.8. The van der Waals surface area contributed by atoms with Crippen molar-refractivity contribution in [3.8, 4) is 0 Å². The van der Waals surface area contributed by atoms with E-state index < -0.39 is 10.0 Å². The fraction of sp³-hybridized carbons (Fsp3) is 0.400. The molecule has 0 amide bonds. The van der Waals surface area contributed by atoms with E-state index in [1.54, 1.807) is 12.1 Å². The quantitative estimate of drug-likeness (QED) is 0.782. The summed E-state index contributed by atoms with van der Waals surface area (Å²) in [7, 11) is -3.48. The van der Waals surface area contributed by atoms with Crippen LogP contribution in [0.25, 0.3) is 0 Å². The first-order chi connectivity index (χ1) is 7.13. The average molecular weight is 226 g/mol. The highest BCUT2D eigenvalue weighted by atomic mass is 32.2. The molecule has 1 saturated carbocycles. The Kier molecular flexibility index (Phi) is 2.77. The zero-order valence-electron chi connectivity index (χ0n) is 8.10. The van der Waals surface area contributed by atoms with Crippen molar-refractivity contribution in [3.63, 3.8) is 0 Å². The van der Waals surface area contributed by atoms with Gasteiger partial charge in [-0.2, -0.15) is 0 Å². The van der Waals surface area contributed by atoms with E-state index in [1.165, 1.54) is 6.07 Å². The van der Waals surface area contributed by atoms with Crippen LogP contribution in [0.5, 0.6) is 0 Å². The molecule has 2 N–H and O–H groups in total. The Morgan fingerprint density at radius 2 is 2.27 bits per heavy atom. The predicted octanol–water partition coefficient (Wildman–Crippen LogP) is 0.420. The fourth-order valence-corrected chi connectivity index (χ4v) is 2.81. The monoisotopic (exact) mass is 226 g/mol. The van der Waals surface area contributed by atoms with Gasteiger partial charge in [0.15, 0.2) is 0 Å². The second kappa shape index (κ2) is 3.92. The van der Waals surface area contributed by atoms with Crippen LogP contribution in [0.4, 0.5) is 0 Å². The Bertz CT molecular complexity index is 451. The molecule has 2 rings (SSSR count). The molecule has 0 atom stereocenters. The highest BCUT2D eigenvalue weighted by Crippen LogP contribution is 2.23. The summed E-state index contributed by atoms with van der Waals surface area (Å²) < 4.78 is 26.2. The molecule has 4 nitrogen and oxygen atoms in total. The summed E-state index contributed by atoms with van der Waals surface area (Å²) in [5.74, 6) is 0. The number of nitrogens with one attached hydrogen (secondary N) is 1. The van der Waals surface area contributed by atoms with E-state index >= 15 is 0 Å². The van der Waals surface area contributed by atoms with Crippen molar-refractivity contribution >= 4 is 10.0 Å². The number of hydrogen-bond acceptors (Lipinski definition) is 3. The van der Waals surface area contributed by atoms with E-state index in [0.29, 0.717) is 5.56 Å². The minimum atomic E-state index is -3.48. The molecule has 0 unspecified atom stereocenters. The molecular weight excluding hydrogens is 214 g/mol. The van der Waals surface area contributed by atoms with Gasteiger partial charge in [-0.3, -0.25) is 0 Å². The maximum atomic E-state index is 11.8. The number of hydrogen-bond donors (Lipinski definition) is 2. The zero-order valence-corrected chi connectivity index (χ0v) is 8.92. The second-order valence-electron chi connectivity index (χ2n) is 3.59. The van der Waals surface area contributed by atoms with Gasteiger partial charge in [0.1, 0.15) is 0 Å². The topological polar surface area (TPSA) is 66.4 Å². The van der Waals surface area contributed by atoms with Gasteiger partial charge in [-0.15, -0.1) is 0 Å². The minimum absolute atomic E-state index is 0.0711. The predicted molar refractivity (Wildman–Crippen MR) is 54.5 cm³/mol. The van der Waals surface area contributed by atoms with E-state index in [2.05, 4.69) is 10.8 Å². The first-order valence-electron chi connectivity index (χ1n) is 4.75. The van der Waals surface area contributed by atoms with Crippen molar-refractivity contribution in [2.45, 2.75) is 30.4 Å². The number of aliphatic hydroxyl groups is 1. The van der Waals surface area contributed by atoms with E-state index in [0.717, 1.165) is 12.8 Å². The van der Waals surface area contributed by atoms with Crippen molar-refractivity contribution in [2.75, 3.05) is 0 Å². The van der Waals surface area contributed by atoms with Gasteiger partial charge < -0.3 is 5.11 Å². The van der Waals surface area contributed by atoms with Crippen LogP contribution in [-0.2, 0) is 16.6 Å². The van der Waals surface area contributed by atoms with Gasteiger partial charge in [-0.25, -0.2) is 13.1 Å². The normalized spacial score (nSPS) is 16.6. The van der Waals surface area contributed by atoms with Crippen LogP contribution >= 0.6 is 0 Å². The molecule has 0 heterocycles. The second-order valence-corrected chi connectivity index (χ2v) is 5.27. The average Bonchev–Trinajstić information content (AvgIpc) is 3.01. The summed E-state index contributed by atoms with van der Waals surface area (Å²) in [5.41, 5.74) is 0.405. The number of aliphatic hydroxyl groups excluding tert-OH is 1. The zero-order chi connectivity index (χ0) is 10.9. The van der Waals surface area contributed by atoms with Crippen LogP contribution in [0.1, 0.15) is 18.4 Å². The summed E-state index contributed by atoms with van der Waals surface area (Å²) in [4.78, 5) is 0.124. The summed E-state index contributed by atoms with van der Waals surface area (Å²) in [6, 6.07) is 7.30. The van der Waals surface area contributed by atoms with Gasteiger partial charge in [0.05, 0.1) is 11.5 Å².